The van der Waals surface area contributed by atoms with E-state index in [2.05, 4.69) is 4.98 Å². The van der Waals surface area contributed by atoms with Crippen molar-refractivity contribution in [3.05, 3.63) is 64.8 Å². The average Bonchev–Trinajstić information content (AvgIpc) is 2.47. The predicted molar refractivity (Wildman–Crippen MR) is 76.5 cm³/mol. The van der Waals surface area contributed by atoms with E-state index in [1.807, 2.05) is 12.1 Å². The Hall–Kier alpha value is -2.62. The van der Waals surface area contributed by atoms with Gasteiger partial charge >= 0.3 is 0 Å². The van der Waals surface area contributed by atoms with Crippen molar-refractivity contribution in [2.45, 2.75) is 0 Å². The zero-order chi connectivity index (χ0) is 14.1. The zero-order valence-corrected chi connectivity index (χ0v) is 10.8. The molecule has 0 spiro atoms. The second-order valence-corrected chi connectivity index (χ2v) is 4.46. The van der Waals surface area contributed by atoms with E-state index < -0.39 is 5.82 Å². The van der Waals surface area contributed by atoms with E-state index in [1.165, 1.54) is 13.2 Å². The fourth-order valence-corrected chi connectivity index (χ4v) is 2.22. The molecular formula is C16H12FNO2. The lowest BCUT2D eigenvalue weighted by molar-refractivity contribution is 0.386. The number of benzene rings is 2. The minimum absolute atomic E-state index is 0.130. The zero-order valence-electron chi connectivity index (χ0n) is 10.8. The Kier molecular flexibility index (Phi) is 2.99. The molecule has 0 atom stereocenters. The van der Waals surface area contributed by atoms with E-state index in [0.717, 1.165) is 16.5 Å². The number of nitrogens with one attached hydrogen (secondary N) is 1. The van der Waals surface area contributed by atoms with Gasteiger partial charge in [-0.05, 0) is 46.8 Å². The summed E-state index contributed by atoms with van der Waals surface area (Å²) < 4.78 is 18.6. The van der Waals surface area contributed by atoms with Gasteiger partial charge in [0.05, 0.1) is 7.11 Å². The van der Waals surface area contributed by atoms with Gasteiger partial charge in [0.25, 0.3) is 5.56 Å². The van der Waals surface area contributed by atoms with Crippen molar-refractivity contribution in [1.29, 1.82) is 0 Å². The lowest BCUT2D eigenvalue weighted by atomic mass is 10.0. The molecule has 0 aliphatic carbocycles. The van der Waals surface area contributed by atoms with Crippen LogP contribution in [0.5, 0.6) is 5.75 Å². The van der Waals surface area contributed by atoms with E-state index in [-0.39, 0.29) is 11.3 Å². The molecule has 100 valence electrons. The Labute approximate surface area is 114 Å². The molecule has 2 aromatic carbocycles. The third-order valence-electron chi connectivity index (χ3n) is 3.26. The minimum Gasteiger partial charge on any atom is -0.494 e. The summed E-state index contributed by atoms with van der Waals surface area (Å²) in [7, 11) is 1.43. The van der Waals surface area contributed by atoms with Gasteiger partial charge in [0, 0.05) is 11.6 Å². The van der Waals surface area contributed by atoms with E-state index in [9.17, 15) is 9.18 Å². The molecule has 0 aliphatic heterocycles. The van der Waals surface area contributed by atoms with Crippen LogP contribution in [0.15, 0.2) is 53.5 Å². The maximum atomic E-state index is 13.7. The van der Waals surface area contributed by atoms with Crippen LogP contribution in [0.1, 0.15) is 0 Å². The molecule has 0 fully saturated rings. The summed E-state index contributed by atoms with van der Waals surface area (Å²) >= 11 is 0. The molecule has 1 N–H and O–H groups in total. The number of hydrogen-bond acceptors (Lipinski definition) is 2. The molecule has 3 nitrogen and oxygen atoms in total. The fourth-order valence-electron chi connectivity index (χ4n) is 2.22. The Bertz CT molecular complexity index is 839. The first-order valence-electron chi connectivity index (χ1n) is 6.14. The van der Waals surface area contributed by atoms with Gasteiger partial charge in [0.2, 0.25) is 0 Å². The van der Waals surface area contributed by atoms with Crippen molar-refractivity contribution < 1.29 is 9.13 Å². The Morgan fingerprint density at radius 2 is 1.80 bits per heavy atom. The molecule has 0 amide bonds. The smallest absolute Gasteiger partial charge is 0.255 e. The number of H-pyrrole nitrogens is 1. The number of aromatic nitrogens is 1. The molecule has 0 unspecified atom stereocenters. The SMILES string of the molecule is COc1ccc(-c2ccc3c(=O)[nH]ccc3c2)cc1F. The summed E-state index contributed by atoms with van der Waals surface area (Å²) in [4.78, 5) is 14.3. The first-order valence-corrected chi connectivity index (χ1v) is 6.14. The van der Waals surface area contributed by atoms with Gasteiger partial charge in [-0.3, -0.25) is 4.79 Å². The summed E-state index contributed by atoms with van der Waals surface area (Å²) in [5.41, 5.74) is 1.46. The van der Waals surface area contributed by atoms with Crippen LogP contribution in [-0.4, -0.2) is 12.1 Å². The molecule has 20 heavy (non-hydrogen) atoms. The summed E-state index contributed by atoms with van der Waals surface area (Å²) in [6.45, 7) is 0. The molecule has 3 rings (SSSR count). The summed E-state index contributed by atoms with van der Waals surface area (Å²) in [6, 6.07) is 12.0. The molecule has 0 saturated carbocycles. The van der Waals surface area contributed by atoms with Crippen LogP contribution >= 0.6 is 0 Å². The van der Waals surface area contributed by atoms with Gasteiger partial charge in [0.15, 0.2) is 11.6 Å². The highest BCUT2D eigenvalue weighted by molar-refractivity contribution is 5.86. The Morgan fingerprint density at radius 1 is 1.05 bits per heavy atom. The second kappa shape index (κ2) is 4.81. The standard InChI is InChI=1S/C16H12FNO2/c1-20-15-5-3-11(9-14(15)17)10-2-4-13-12(8-10)6-7-18-16(13)19/h2-9H,1H3,(H,18,19). The van der Waals surface area contributed by atoms with Crippen molar-refractivity contribution >= 4 is 10.8 Å². The van der Waals surface area contributed by atoms with Gasteiger partial charge in [-0.15, -0.1) is 0 Å². The number of aromatic amines is 1. The number of ether oxygens (including phenoxy) is 1. The number of methoxy groups -OCH3 is 1. The topological polar surface area (TPSA) is 42.1 Å². The largest absolute Gasteiger partial charge is 0.494 e. The van der Waals surface area contributed by atoms with Gasteiger partial charge in [-0.1, -0.05) is 12.1 Å². The van der Waals surface area contributed by atoms with Crippen LogP contribution in [0.25, 0.3) is 21.9 Å². The van der Waals surface area contributed by atoms with Crippen LogP contribution < -0.4 is 10.3 Å². The fraction of sp³-hybridized carbons (Fsp3) is 0.0625. The van der Waals surface area contributed by atoms with Crippen molar-refractivity contribution in [3.8, 4) is 16.9 Å². The maximum absolute atomic E-state index is 13.7. The van der Waals surface area contributed by atoms with Crippen LogP contribution in [-0.2, 0) is 0 Å². The van der Waals surface area contributed by atoms with E-state index in [4.69, 9.17) is 4.74 Å². The quantitative estimate of drug-likeness (QED) is 0.775. The molecule has 0 aliphatic rings. The van der Waals surface area contributed by atoms with Gasteiger partial charge in [0.1, 0.15) is 0 Å². The van der Waals surface area contributed by atoms with E-state index in [0.29, 0.717) is 5.39 Å². The van der Waals surface area contributed by atoms with Crippen LogP contribution in [0.3, 0.4) is 0 Å². The highest BCUT2D eigenvalue weighted by Gasteiger charge is 2.06. The Morgan fingerprint density at radius 3 is 2.55 bits per heavy atom. The highest BCUT2D eigenvalue weighted by atomic mass is 19.1. The summed E-state index contributed by atoms with van der Waals surface area (Å²) in [6.07, 6.45) is 1.60. The van der Waals surface area contributed by atoms with Gasteiger partial charge in [-0.25, -0.2) is 4.39 Å². The van der Waals surface area contributed by atoms with Gasteiger partial charge in [-0.2, -0.15) is 0 Å². The molecule has 3 aromatic rings. The molecule has 4 heteroatoms. The molecule has 0 saturated heterocycles. The molecule has 1 heterocycles. The Balaban J connectivity index is 2.15. The number of fused-ring (bicyclic) bond motifs is 1. The molecular weight excluding hydrogens is 257 g/mol. The lowest BCUT2D eigenvalue weighted by Gasteiger charge is -2.06. The lowest BCUT2D eigenvalue weighted by Crippen LogP contribution is -2.03. The van der Waals surface area contributed by atoms with Crippen molar-refractivity contribution in [2.24, 2.45) is 0 Å². The summed E-state index contributed by atoms with van der Waals surface area (Å²) in [5.74, 6) is -0.193. The number of hydrogen-bond donors (Lipinski definition) is 1. The molecule has 0 bridgehead atoms. The summed E-state index contributed by atoms with van der Waals surface area (Å²) in [5, 5.41) is 1.44. The minimum atomic E-state index is -0.406. The third-order valence-corrected chi connectivity index (χ3v) is 3.26. The van der Waals surface area contributed by atoms with Crippen molar-refractivity contribution in [1.82, 2.24) is 4.98 Å². The molecule has 0 radical (unpaired) electrons. The molecule has 1 aromatic heterocycles. The number of pyridine rings is 1. The third kappa shape index (κ3) is 2.05. The second-order valence-electron chi connectivity index (χ2n) is 4.46. The monoisotopic (exact) mass is 269 g/mol. The van der Waals surface area contributed by atoms with Crippen LogP contribution in [0.4, 0.5) is 4.39 Å². The number of halogens is 1. The van der Waals surface area contributed by atoms with E-state index in [1.54, 1.807) is 30.5 Å². The van der Waals surface area contributed by atoms with Crippen molar-refractivity contribution in [2.75, 3.05) is 7.11 Å². The van der Waals surface area contributed by atoms with Crippen molar-refractivity contribution in [3.63, 3.8) is 0 Å². The first kappa shape index (κ1) is 12.4. The highest BCUT2D eigenvalue weighted by Crippen LogP contribution is 2.27. The predicted octanol–water partition coefficient (Wildman–Crippen LogP) is 3.34. The average molecular weight is 269 g/mol. The van der Waals surface area contributed by atoms with E-state index >= 15 is 0 Å². The normalized spacial score (nSPS) is 10.7. The first-order chi connectivity index (χ1) is 9.69. The van der Waals surface area contributed by atoms with Crippen LogP contribution in [0, 0.1) is 5.82 Å². The van der Waals surface area contributed by atoms with Gasteiger partial charge < -0.3 is 9.72 Å². The maximum Gasteiger partial charge on any atom is 0.255 e. The number of rotatable bonds is 2. The van der Waals surface area contributed by atoms with Crippen LogP contribution in [0.2, 0.25) is 0 Å².